The Kier molecular flexibility index (Phi) is 4.90. The molecule has 0 aliphatic carbocycles. The van der Waals surface area contributed by atoms with Crippen molar-refractivity contribution in [2.45, 2.75) is 6.61 Å². The predicted molar refractivity (Wildman–Crippen MR) is 93.0 cm³/mol. The van der Waals surface area contributed by atoms with Crippen molar-refractivity contribution in [3.8, 4) is 39.8 Å². The molecule has 130 valence electrons. The zero-order chi connectivity index (χ0) is 17.8. The van der Waals surface area contributed by atoms with Gasteiger partial charge in [-0.3, -0.25) is 0 Å². The minimum atomic E-state index is -0.209. The Hall–Kier alpha value is -2.99. The fraction of sp³-hybridized carbons (Fsp3) is 0.211. The average molecular weight is 341 g/mol. The van der Waals surface area contributed by atoms with E-state index in [1.807, 2.05) is 36.4 Å². The van der Waals surface area contributed by atoms with Crippen LogP contribution in [-0.4, -0.2) is 31.6 Å². The lowest BCUT2D eigenvalue weighted by atomic mass is 10.0. The minimum Gasteiger partial charge on any atom is -0.497 e. The van der Waals surface area contributed by atoms with Crippen LogP contribution in [0, 0.1) is 0 Å². The maximum absolute atomic E-state index is 9.88. The number of aromatic nitrogens is 1. The van der Waals surface area contributed by atoms with Gasteiger partial charge in [-0.2, -0.15) is 0 Å². The Morgan fingerprint density at radius 1 is 0.840 bits per heavy atom. The highest BCUT2D eigenvalue weighted by Crippen LogP contribution is 2.36. The first kappa shape index (κ1) is 16.9. The molecule has 0 aliphatic rings. The van der Waals surface area contributed by atoms with E-state index in [0.717, 1.165) is 16.9 Å². The van der Waals surface area contributed by atoms with Crippen LogP contribution in [0.4, 0.5) is 0 Å². The van der Waals surface area contributed by atoms with E-state index in [0.29, 0.717) is 28.5 Å². The molecule has 3 aromatic rings. The molecule has 0 unspecified atom stereocenters. The molecule has 25 heavy (non-hydrogen) atoms. The highest BCUT2D eigenvalue weighted by atomic mass is 16.5. The molecule has 6 heteroatoms. The number of ether oxygens (including phenoxy) is 3. The third-order valence-corrected chi connectivity index (χ3v) is 3.92. The predicted octanol–water partition coefficient (Wildman–Crippen LogP) is 3.53. The summed E-state index contributed by atoms with van der Waals surface area (Å²) in [6.07, 6.45) is 0. The number of aliphatic hydroxyl groups excluding tert-OH is 1. The zero-order valence-corrected chi connectivity index (χ0v) is 14.3. The summed E-state index contributed by atoms with van der Waals surface area (Å²) in [5.41, 5.74) is 2.69. The van der Waals surface area contributed by atoms with Crippen LogP contribution in [0.25, 0.3) is 22.6 Å². The Balaban J connectivity index is 2.08. The number of hydrogen-bond acceptors (Lipinski definition) is 6. The molecule has 1 N–H and O–H groups in total. The van der Waals surface area contributed by atoms with Crippen molar-refractivity contribution in [2.75, 3.05) is 21.3 Å². The summed E-state index contributed by atoms with van der Waals surface area (Å²) in [4.78, 5) is 0. The smallest absolute Gasteiger partial charge is 0.173 e. The van der Waals surface area contributed by atoms with Gasteiger partial charge in [0.15, 0.2) is 5.76 Å². The van der Waals surface area contributed by atoms with Crippen molar-refractivity contribution in [1.29, 1.82) is 0 Å². The summed E-state index contributed by atoms with van der Waals surface area (Å²) in [6, 6.07) is 12.8. The van der Waals surface area contributed by atoms with Crippen molar-refractivity contribution < 1.29 is 23.8 Å². The van der Waals surface area contributed by atoms with E-state index in [9.17, 15) is 5.11 Å². The van der Waals surface area contributed by atoms with Crippen molar-refractivity contribution in [3.05, 3.63) is 48.0 Å². The van der Waals surface area contributed by atoms with E-state index in [1.54, 1.807) is 27.4 Å². The van der Waals surface area contributed by atoms with Gasteiger partial charge in [0.05, 0.1) is 33.5 Å². The summed E-state index contributed by atoms with van der Waals surface area (Å²) >= 11 is 0. The number of aliphatic hydroxyl groups is 1. The Morgan fingerprint density at radius 2 is 1.44 bits per heavy atom. The van der Waals surface area contributed by atoms with Crippen LogP contribution in [0.1, 0.15) is 5.56 Å². The van der Waals surface area contributed by atoms with E-state index < -0.39 is 0 Å². The molecule has 6 nitrogen and oxygen atoms in total. The first-order valence-electron chi connectivity index (χ1n) is 7.67. The Labute approximate surface area is 145 Å². The summed E-state index contributed by atoms with van der Waals surface area (Å²) in [5, 5.41) is 14.0. The SMILES string of the molecule is COc1ccc(-c2onc(-c3cc(OC)cc(OC)c3)c2CO)cc1. The van der Waals surface area contributed by atoms with Gasteiger partial charge in [-0.25, -0.2) is 0 Å². The van der Waals surface area contributed by atoms with Gasteiger partial charge >= 0.3 is 0 Å². The van der Waals surface area contributed by atoms with Gasteiger partial charge in [-0.1, -0.05) is 5.16 Å². The van der Waals surface area contributed by atoms with E-state index in [1.165, 1.54) is 0 Å². The molecule has 2 aromatic carbocycles. The largest absolute Gasteiger partial charge is 0.497 e. The third-order valence-electron chi connectivity index (χ3n) is 3.92. The van der Waals surface area contributed by atoms with Crippen LogP contribution < -0.4 is 14.2 Å². The van der Waals surface area contributed by atoms with Gasteiger partial charge < -0.3 is 23.8 Å². The first-order chi connectivity index (χ1) is 12.2. The maximum Gasteiger partial charge on any atom is 0.173 e. The van der Waals surface area contributed by atoms with Gasteiger partial charge in [0.2, 0.25) is 0 Å². The second kappa shape index (κ2) is 7.27. The number of rotatable bonds is 6. The average Bonchev–Trinajstić information content (AvgIpc) is 3.11. The first-order valence-corrected chi connectivity index (χ1v) is 7.67. The van der Waals surface area contributed by atoms with Crippen molar-refractivity contribution in [2.24, 2.45) is 0 Å². The van der Waals surface area contributed by atoms with Crippen LogP contribution in [-0.2, 0) is 6.61 Å². The fourth-order valence-electron chi connectivity index (χ4n) is 2.60. The summed E-state index contributed by atoms with van der Waals surface area (Å²) in [7, 11) is 4.77. The van der Waals surface area contributed by atoms with E-state index in [2.05, 4.69) is 5.16 Å². The Morgan fingerprint density at radius 3 is 1.96 bits per heavy atom. The topological polar surface area (TPSA) is 74.0 Å². The monoisotopic (exact) mass is 341 g/mol. The van der Waals surface area contributed by atoms with Crippen molar-refractivity contribution in [1.82, 2.24) is 5.16 Å². The standard InChI is InChI=1S/C19H19NO5/c1-22-14-6-4-12(5-7-14)19-17(11-21)18(20-25-19)13-8-15(23-2)10-16(9-13)24-3/h4-10,21H,11H2,1-3H3. The van der Waals surface area contributed by atoms with Gasteiger partial charge in [0, 0.05) is 17.2 Å². The second-order valence-electron chi connectivity index (χ2n) is 5.33. The molecule has 0 saturated carbocycles. The van der Waals surface area contributed by atoms with Gasteiger partial charge in [0.1, 0.15) is 22.9 Å². The molecule has 1 heterocycles. The molecule has 0 aliphatic heterocycles. The number of methoxy groups -OCH3 is 3. The van der Waals surface area contributed by atoms with Crippen LogP contribution in [0.15, 0.2) is 47.0 Å². The van der Waals surface area contributed by atoms with Crippen molar-refractivity contribution in [3.63, 3.8) is 0 Å². The molecule has 0 atom stereocenters. The lowest BCUT2D eigenvalue weighted by Crippen LogP contribution is -1.92. The normalized spacial score (nSPS) is 10.6. The molecule has 3 rings (SSSR count). The minimum absolute atomic E-state index is 0.209. The van der Waals surface area contributed by atoms with E-state index >= 15 is 0 Å². The van der Waals surface area contributed by atoms with Gasteiger partial charge in [-0.15, -0.1) is 0 Å². The summed E-state index contributed by atoms with van der Waals surface area (Å²) in [6.45, 7) is -0.209. The van der Waals surface area contributed by atoms with Crippen LogP contribution in [0.5, 0.6) is 17.2 Å². The van der Waals surface area contributed by atoms with Gasteiger partial charge in [0.25, 0.3) is 0 Å². The molecule has 0 fully saturated rings. The van der Waals surface area contributed by atoms with Gasteiger partial charge in [-0.05, 0) is 36.4 Å². The summed E-state index contributed by atoms with van der Waals surface area (Å²) in [5.74, 6) is 2.52. The number of hydrogen-bond donors (Lipinski definition) is 1. The van der Waals surface area contributed by atoms with E-state index in [4.69, 9.17) is 18.7 Å². The lowest BCUT2D eigenvalue weighted by Gasteiger charge is -2.08. The molecule has 0 saturated heterocycles. The highest BCUT2D eigenvalue weighted by molar-refractivity contribution is 5.74. The van der Waals surface area contributed by atoms with Crippen LogP contribution >= 0.6 is 0 Å². The van der Waals surface area contributed by atoms with Crippen LogP contribution in [0.2, 0.25) is 0 Å². The Bertz CT molecular complexity index is 833. The molecule has 1 aromatic heterocycles. The number of nitrogens with zero attached hydrogens (tertiary/aromatic N) is 1. The van der Waals surface area contributed by atoms with Crippen molar-refractivity contribution >= 4 is 0 Å². The molecule has 0 amide bonds. The third kappa shape index (κ3) is 3.29. The molecule has 0 bridgehead atoms. The second-order valence-corrected chi connectivity index (χ2v) is 5.33. The molecular formula is C19H19NO5. The highest BCUT2D eigenvalue weighted by Gasteiger charge is 2.19. The summed E-state index contributed by atoms with van der Waals surface area (Å²) < 4.78 is 21.3. The zero-order valence-electron chi connectivity index (χ0n) is 14.3. The lowest BCUT2D eigenvalue weighted by molar-refractivity contribution is 0.281. The molecular weight excluding hydrogens is 322 g/mol. The number of benzene rings is 2. The maximum atomic E-state index is 9.88. The molecule has 0 spiro atoms. The van der Waals surface area contributed by atoms with E-state index in [-0.39, 0.29) is 6.61 Å². The quantitative estimate of drug-likeness (QED) is 0.739. The van der Waals surface area contributed by atoms with Crippen LogP contribution in [0.3, 0.4) is 0 Å². The molecule has 0 radical (unpaired) electrons. The fourth-order valence-corrected chi connectivity index (χ4v) is 2.60.